The molecule has 16 amide bonds. The zero-order valence-corrected chi connectivity index (χ0v) is 72.9. The molecule has 2 rings (SSSR count). The minimum absolute atomic E-state index is 0. The molecule has 0 unspecified atom stereocenters. The molecule has 2 saturated heterocycles. The molecule has 2 heterocycles. The average molecular weight is 1770 g/mol. The van der Waals surface area contributed by atoms with E-state index in [0.29, 0.717) is 19.3 Å². The van der Waals surface area contributed by atoms with Crippen LogP contribution in [0.2, 0.25) is 0 Å². The number of aliphatic hydroxyl groups excluding tert-OH is 1. The second-order valence-electron chi connectivity index (χ2n) is 32.9. The van der Waals surface area contributed by atoms with E-state index in [1.54, 1.807) is 39.5 Å². The molecule has 0 aromatic heterocycles. The number of aliphatic carboxylic acids is 1. The van der Waals surface area contributed by atoms with Crippen molar-refractivity contribution in [1.82, 2.24) is 79.8 Å². The number of halogens is 3. The van der Waals surface area contributed by atoms with E-state index >= 15 is 0 Å². The number of unbranched alkanes of at least 4 members (excludes halogenated alkanes) is 3. The molecule has 0 aromatic rings. The van der Waals surface area contributed by atoms with Crippen molar-refractivity contribution in [1.29, 1.82) is 0 Å². The Morgan fingerprint density at radius 3 is 1.25 bits per heavy atom. The molecule has 2 fully saturated rings. The first-order valence-corrected chi connectivity index (χ1v) is 41.9. The van der Waals surface area contributed by atoms with Crippen LogP contribution < -0.4 is 114 Å². The van der Waals surface area contributed by atoms with Gasteiger partial charge in [-0.15, -0.1) is 0 Å². The Morgan fingerprint density at radius 1 is 0.484 bits per heavy atom. The Balaban J connectivity index is 0.0000175. The van der Waals surface area contributed by atoms with Crippen molar-refractivity contribution in [3.63, 3.8) is 0 Å². The number of aliphatic imine (C=N–C) groups is 2. The first kappa shape index (κ1) is 112. The van der Waals surface area contributed by atoms with Crippen LogP contribution in [0.5, 0.6) is 0 Å². The molecule has 0 spiro atoms. The molecule has 698 valence electrons. The standard InChI is InChI=1S/C74H135N23O16S.C2HF3O2.CH4/c1-39(2)33-49(58(76)101)88-64(107)50(34-40(3)4)89-62(105)47(26-22-32-83-71(79)80)86-63(106)48(24-18-20-30-81-56(100)28-16-15-27-55-57-54(38-114-55)94-72(113)95-57)92-68(111)73(11,12)96-66(109)52(36-42(7)8)90-61(104)45(23-17-19-29-75)85-60(103)46(25-21-31-82-70(77)78)87-65(108)51(35-41(5)6)93-69(112)74(13,14)97-67(110)53(37-98)91-59(102)43(9)84-44(10)99;3-2(4,5)1(6)7;/h39-43,45-55,57,98H,15-38,75H2,1-14H3,(H2,76,101)(H,81,100)(H,84,99)(H,85,103)(H,86,106)(H,87,108)(H,88,107)(H,89,105)(H,90,104)(H,91,102)(H,92,111)(H,93,112)(H,96,109)(H,97,110)(H4,77,78,82)(H4,79,80,83)(H2,94,95,113);(H,6,7);1H4/t43-,45-,46-,47-,48-,49-,50-,51-,52-,53-,54-,55-,57-;;/m0../s1. The second-order valence-corrected chi connectivity index (χ2v) is 34.2. The van der Waals surface area contributed by atoms with E-state index in [1.807, 2.05) is 27.7 Å². The van der Waals surface area contributed by atoms with Crippen LogP contribution >= 0.6 is 11.8 Å². The highest BCUT2D eigenvalue weighted by molar-refractivity contribution is 8.00. The zero-order chi connectivity index (χ0) is 92.4. The van der Waals surface area contributed by atoms with E-state index in [0.717, 1.165) is 18.6 Å². The summed E-state index contributed by atoms with van der Waals surface area (Å²) in [6.07, 6.45) is -1.20. The van der Waals surface area contributed by atoms with Crippen molar-refractivity contribution in [2.75, 3.05) is 38.5 Å². The Morgan fingerprint density at radius 2 is 0.844 bits per heavy atom. The fourth-order valence-electron chi connectivity index (χ4n) is 12.5. The monoisotopic (exact) mass is 1760 g/mol. The van der Waals surface area contributed by atoms with Crippen LogP contribution in [-0.2, 0) is 71.9 Å². The first-order valence-electron chi connectivity index (χ1n) is 40.9. The summed E-state index contributed by atoms with van der Waals surface area (Å²) in [6.45, 7) is 21.8. The molecule has 2 aliphatic rings. The van der Waals surface area contributed by atoms with Gasteiger partial charge < -0.3 is 124 Å². The lowest BCUT2D eigenvalue weighted by Gasteiger charge is -2.32. The topological polar surface area (TPSA) is 675 Å². The number of hydrogen-bond donors (Lipinski definition) is 23. The van der Waals surface area contributed by atoms with Gasteiger partial charge in [-0.25, -0.2) is 9.59 Å². The van der Waals surface area contributed by atoms with Crippen LogP contribution in [0.3, 0.4) is 0 Å². The number of guanidine groups is 2. The molecule has 0 aromatic carbocycles. The SMILES string of the molecule is C.CC(=O)N[C@@H](C)C(=O)N[C@@H](CO)C(=O)NC(C)(C)C(=O)N[C@@H](CC(C)C)C(=O)N[C@@H](CCCN=C(N)N)C(=O)N[C@@H](CCCCN)C(=O)N[C@@H](CC(C)C)C(=O)NC(C)(C)C(=O)N[C@@H](CCCCNC(=O)CCCC[C@@H]1SC[C@@H]2NC(=O)N[C@@H]21)C(=O)N[C@@H](CCCN=C(N)N)C(=O)N[C@@H](CC(C)C)C(=O)N[C@@H](CC(C)C)C(N)=O.O=C(O)C(F)(F)F. The molecule has 41 nitrogen and oxygen atoms in total. The molecule has 0 radical (unpaired) electrons. The maximum atomic E-state index is 14.9. The first-order chi connectivity index (χ1) is 56.2. The number of alkyl halides is 3. The summed E-state index contributed by atoms with van der Waals surface area (Å²) in [5.41, 5.74) is 30.3. The molecular formula is C77H140F3N23O18S. The molecular weight excluding hydrogens is 1620 g/mol. The van der Waals surface area contributed by atoms with Crippen LogP contribution in [0, 0.1) is 23.7 Å². The number of aliphatic hydroxyl groups is 1. The molecule has 29 N–H and O–H groups in total. The number of rotatable bonds is 55. The summed E-state index contributed by atoms with van der Waals surface area (Å²) < 4.78 is 31.7. The maximum absolute atomic E-state index is 14.9. The second kappa shape index (κ2) is 55.8. The number of hydrogen-bond acceptors (Lipinski definition) is 21. The fraction of sp³-hybridized carbons (Fsp3) is 0.766. The Kier molecular flexibility index (Phi) is 51.2. The van der Waals surface area contributed by atoms with Gasteiger partial charge in [0, 0.05) is 44.0 Å². The number of nitrogens with one attached hydrogen (secondary N) is 15. The summed E-state index contributed by atoms with van der Waals surface area (Å²) in [7, 11) is 0. The number of carbonyl (C=O) groups is 16. The Bertz CT molecular complexity index is 3510. The minimum Gasteiger partial charge on any atom is -0.475 e. The van der Waals surface area contributed by atoms with Gasteiger partial charge in [-0.1, -0.05) is 69.2 Å². The van der Waals surface area contributed by atoms with Crippen LogP contribution in [0.15, 0.2) is 9.98 Å². The summed E-state index contributed by atoms with van der Waals surface area (Å²) in [5.74, 6) is -14.0. The van der Waals surface area contributed by atoms with Gasteiger partial charge in [-0.3, -0.25) is 77.1 Å². The number of carboxylic acid groups (broad SMARTS) is 1. The van der Waals surface area contributed by atoms with Crippen molar-refractivity contribution >= 4 is 118 Å². The average Bonchev–Trinajstić information content (AvgIpc) is 1.58. The maximum Gasteiger partial charge on any atom is 0.490 e. The highest BCUT2D eigenvalue weighted by Crippen LogP contribution is 2.33. The third kappa shape index (κ3) is 44.6. The summed E-state index contributed by atoms with van der Waals surface area (Å²) in [5, 5.41) is 57.8. The number of nitrogens with zero attached hydrogens (tertiary/aromatic N) is 2. The lowest BCUT2D eigenvalue weighted by molar-refractivity contribution is -0.192. The van der Waals surface area contributed by atoms with Gasteiger partial charge in [0.2, 0.25) is 82.7 Å². The van der Waals surface area contributed by atoms with E-state index in [2.05, 4.69) is 89.7 Å². The summed E-state index contributed by atoms with van der Waals surface area (Å²) >= 11 is 1.78. The third-order valence-corrected chi connectivity index (χ3v) is 20.4. The lowest BCUT2D eigenvalue weighted by atomic mass is 9.98. The van der Waals surface area contributed by atoms with Gasteiger partial charge in [-0.2, -0.15) is 24.9 Å². The predicted molar refractivity (Wildman–Crippen MR) is 453 cm³/mol. The van der Waals surface area contributed by atoms with Crippen LogP contribution in [0.1, 0.15) is 220 Å². The number of carbonyl (C=O) groups excluding carboxylic acids is 15. The van der Waals surface area contributed by atoms with E-state index in [1.165, 1.54) is 41.5 Å². The molecule has 122 heavy (non-hydrogen) atoms. The largest absolute Gasteiger partial charge is 0.490 e. The smallest absolute Gasteiger partial charge is 0.475 e. The lowest BCUT2D eigenvalue weighted by Crippen LogP contribution is -2.64. The zero-order valence-electron chi connectivity index (χ0n) is 72.1. The van der Waals surface area contributed by atoms with Crippen LogP contribution in [0.4, 0.5) is 18.0 Å². The van der Waals surface area contributed by atoms with E-state index in [4.69, 9.17) is 44.3 Å². The molecule has 2 aliphatic heterocycles. The van der Waals surface area contributed by atoms with Gasteiger partial charge in [0.25, 0.3) is 0 Å². The quantitative estimate of drug-likeness (QED) is 0.0134. The van der Waals surface area contributed by atoms with E-state index in [-0.39, 0.29) is 182 Å². The number of thioether (sulfide) groups is 1. The highest BCUT2D eigenvalue weighted by atomic mass is 32.2. The van der Waals surface area contributed by atoms with Gasteiger partial charge >= 0.3 is 18.2 Å². The summed E-state index contributed by atoms with van der Waals surface area (Å²) in [6, 6.07) is -13.3. The number of amides is 16. The normalized spacial score (nSPS) is 16.7. The third-order valence-electron chi connectivity index (χ3n) is 18.9. The van der Waals surface area contributed by atoms with Gasteiger partial charge in [0.15, 0.2) is 11.9 Å². The number of primary amides is 1. The highest BCUT2D eigenvalue weighted by Gasteiger charge is 2.44. The van der Waals surface area contributed by atoms with Crippen LogP contribution in [-0.4, -0.2) is 250 Å². The number of carboxylic acids is 1. The van der Waals surface area contributed by atoms with Crippen molar-refractivity contribution in [3.8, 4) is 0 Å². The van der Waals surface area contributed by atoms with E-state index < -0.39 is 167 Å². The van der Waals surface area contributed by atoms with Gasteiger partial charge in [0.1, 0.15) is 71.5 Å². The van der Waals surface area contributed by atoms with Gasteiger partial charge in [-0.05, 0) is 168 Å². The number of urea groups is 1. The van der Waals surface area contributed by atoms with E-state index in [9.17, 15) is 90.2 Å². The minimum atomic E-state index is -5.08. The number of fused-ring (bicyclic) bond motifs is 1. The molecule has 13 atom stereocenters. The fourth-order valence-corrected chi connectivity index (χ4v) is 14.1. The van der Waals surface area contributed by atoms with Crippen molar-refractivity contribution < 1.29 is 100 Å². The Hall–Kier alpha value is -10.1. The number of nitrogens with two attached hydrogens (primary N) is 6. The molecule has 45 heteroatoms. The van der Waals surface area contributed by atoms with Gasteiger partial charge in [0.05, 0.1) is 18.7 Å². The molecule has 0 bridgehead atoms. The Labute approximate surface area is 716 Å². The van der Waals surface area contributed by atoms with Crippen molar-refractivity contribution in [2.24, 2.45) is 68.1 Å². The van der Waals surface area contributed by atoms with Crippen LogP contribution in [0.25, 0.3) is 0 Å². The summed E-state index contributed by atoms with van der Waals surface area (Å²) in [4.78, 5) is 223. The molecule has 0 aliphatic carbocycles. The van der Waals surface area contributed by atoms with Crippen molar-refractivity contribution in [3.05, 3.63) is 0 Å². The predicted octanol–water partition coefficient (Wildman–Crippen LogP) is -2.16. The molecule has 0 saturated carbocycles. The van der Waals surface area contributed by atoms with Crippen molar-refractivity contribution in [2.45, 2.75) is 315 Å².